The van der Waals surface area contributed by atoms with Gasteiger partial charge in [-0.1, -0.05) is 18.2 Å². The molecular weight excluding hydrogens is 401 g/mol. The molecule has 0 saturated carbocycles. The number of hydrogen-bond acceptors (Lipinski definition) is 4. The number of hydrogen-bond donors (Lipinski definition) is 1. The predicted molar refractivity (Wildman–Crippen MR) is 115 cm³/mol. The van der Waals surface area contributed by atoms with Crippen molar-refractivity contribution in [3.8, 4) is 6.07 Å². The van der Waals surface area contributed by atoms with E-state index in [1.165, 1.54) is 24.3 Å². The Balaban J connectivity index is 1.42. The van der Waals surface area contributed by atoms with Crippen molar-refractivity contribution in [2.24, 2.45) is 5.92 Å². The number of nitrogens with one attached hydrogen (secondary N) is 1. The molecule has 2 aromatic carbocycles. The number of thioether (sulfide) groups is 1. The predicted octanol–water partition coefficient (Wildman–Crippen LogP) is 3.60. The Morgan fingerprint density at radius 3 is 2.73 bits per heavy atom. The summed E-state index contributed by atoms with van der Waals surface area (Å²) in [4.78, 5) is 26.8. The van der Waals surface area contributed by atoms with E-state index < -0.39 is 0 Å². The highest BCUT2D eigenvalue weighted by molar-refractivity contribution is 7.98. The van der Waals surface area contributed by atoms with Crippen LogP contribution < -0.4 is 5.32 Å². The lowest BCUT2D eigenvalue weighted by atomic mass is 9.96. The molecule has 156 valence electrons. The number of carbonyl (C=O) groups is 2. The third-order valence-electron chi connectivity index (χ3n) is 5.11. The van der Waals surface area contributed by atoms with Gasteiger partial charge >= 0.3 is 0 Å². The van der Waals surface area contributed by atoms with Crippen LogP contribution in [0.15, 0.2) is 48.5 Å². The highest BCUT2D eigenvalue weighted by Crippen LogP contribution is 2.20. The molecule has 0 aromatic heterocycles. The van der Waals surface area contributed by atoms with Crippen molar-refractivity contribution in [1.29, 1.82) is 5.26 Å². The normalized spacial score (nSPS) is 16.0. The Labute approximate surface area is 180 Å². The lowest BCUT2D eigenvalue weighted by Gasteiger charge is -2.32. The van der Waals surface area contributed by atoms with Gasteiger partial charge in [-0.2, -0.15) is 17.0 Å². The van der Waals surface area contributed by atoms with E-state index in [-0.39, 0.29) is 23.5 Å². The van der Waals surface area contributed by atoms with Crippen molar-refractivity contribution >= 4 is 23.6 Å². The minimum atomic E-state index is -0.378. The smallest absolute Gasteiger partial charge is 0.253 e. The number of likely N-dealkylation sites (tertiary alicyclic amines) is 1. The lowest BCUT2D eigenvalue weighted by molar-refractivity contribution is -0.126. The standard InChI is InChI=1S/C23H24FN3O2S/c24-21-9-7-17(8-10-21)23(29)27-12-3-6-19(15-27)22(28)26-11-13-30-16-20-5-2-1-4-18(20)14-25/h1-2,4-5,7-10,19H,3,6,11-13,15-16H2,(H,26,28). The first-order valence-electron chi connectivity index (χ1n) is 9.97. The zero-order valence-corrected chi connectivity index (χ0v) is 17.5. The van der Waals surface area contributed by atoms with E-state index in [4.69, 9.17) is 5.26 Å². The molecule has 1 aliphatic heterocycles. The number of nitriles is 1. The van der Waals surface area contributed by atoms with Gasteiger partial charge in [0.25, 0.3) is 5.91 Å². The van der Waals surface area contributed by atoms with E-state index in [2.05, 4.69) is 11.4 Å². The summed E-state index contributed by atoms with van der Waals surface area (Å²) in [7, 11) is 0. The van der Waals surface area contributed by atoms with Gasteiger partial charge in [-0.15, -0.1) is 0 Å². The molecule has 3 rings (SSSR count). The van der Waals surface area contributed by atoms with Gasteiger partial charge in [0.15, 0.2) is 0 Å². The molecule has 1 atom stereocenters. The molecule has 7 heteroatoms. The first-order chi connectivity index (χ1) is 14.6. The largest absolute Gasteiger partial charge is 0.355 e. The van der Waals surface area contributed by atoms with E-state index in [1.54, 1.807) is 22.7 Å². The molecule has 1 aliphatic rings. The Bertz CT molecular complexity index is 927. The molecule has 30 heavy (non-hydrogen) atoms. The quantitative estimate of drug-likeness (QED) is 0.688. The maximum absolute atomic E-state index is 13.1. The zero-order valence-electron chi connectivity index (χ0n) is 16.6. The topological polar surface area (TPSA) is 73.2 Å². The summed E-state index contributed by atoms with van der Waals surface area (Å²) in [6.07, 6.45) is 1.52. The third kappa shape index (κ3) is 5.83. The molecule has 2 amide bonds. The van der Waals surface area contributed by atoms with Crippen LogP contribution in [0, 0.1) is 23.1 Å². The van der Waals surface area contributed by atoms with Crippen LogP contribution >= 0.6 is 11.8 Å². The third-order valence-corrected chi connectivity index (χ3v) is 6.12. The van der Waals surface area contributed by atoms with Crippen LogP contribution in [0.1, 0.15) is 34.3 Å². The van der Waals surface area contributed by atoms with Gasteiger partial charge in [0.2, 0.25) is 5.91 Å². The van der Waals surface area contributed by atoms with Crippen molar-refractivity contribution < 1.29 is 14.0 Å². The molecule has 0 spiro atoms. The monoisotopic (exact) mass is 425 g/mol. The summed E-state index contributed by atoms with van der Waals surface area (Å²) in [5.74, 6) is 0.659. The Hall–Kier alpha value is -2.85. The molecule has 1 fully saturated rings. The van der Waals surface area contributed by atoms with Crippen LogP contribution in [0.3, 0.4) is 0 Å². The average Bonchev–Trinajstić information content (AvgIpc) is 2.79. The number of carbonyl (C=O) groups excluding carboxylic acids is 2. The van der Waals surface area contributed by atoms with Crippen LogP contribution in [0.2, 0.25) is 0 Å². The zero-order chi connectivity index (χ0) is 21.3. The second-order valence-electron chi connectivity index (χ2n) is 7.21. The van der Waals surface area contributed by atoms with Gasteiger partial charge in [0.1, 0.15) is 5.82 Å². The number of benzene rings is 2. The highest BCUT2D eigenvalue weighted by Gasteiger charge is 2.28. The molecule has 5 nitrogen and oxygen atoms in total. The molecule has 1 heterocycles. The summed E-state index contributed by atoms with van der Waals surface area (Å²) in [5, 5.41) is 12.1. The minimum Gasteiger partial charge on any atom is -0.355 e. The summed E-state index contributed by atoms with van der Waals surface area (Å²) >= 11 is 1.67. The van der Waals surface area contributed by atoms with Crippen LogP contribution in [0.4, 0.5) is 4.39 Å². The van der Waals surface area contributed by atoms with E-state index in [0.29, 0.717) is 30.8 Å². The second-order valence-corrected chi connectivity index (χ2v) is 8.31. The maximum Gasteiger partial charge on any atom is 0.253 e. The fourth-order valence-electron chi connectivity index (χ4n) is 3.48. The number of halogens is 1. The van der Waals surface area contributed by atoms with Gasteiger partial charge in [0, 0.05) is 36.7 Å². The Morgan fingerprint density at radius 2 is 1.97 bits per heavy atom. The van der Waals surface area contributed by atoms with Crippen LogP contribution in [0.25, 0.3) is 0 Å². The number of piperidine rings is 1. The summed E-state index contributed by atoms with van der Waals surface area (Å²) in [5.41, 5.74) is 2.12. The number of nitrogens with zero attached hydrogens (tertiary/aromatic N) is 2. The first-order valence-corrected chi connectivity index (χ1v) is 11.1. The van der Waals surface area contributed by atoms with Crippen molar-refractivity contribution in [3.63, 3.8) is 0 Å². The van der Waals surface area contributed by atoms with E-state index in [9.17, 15) is 14.0 Å². The average molecular weight is 426 g/mol. The first kappa shape index (κ1) is 21.8. The maximum atomic E-state index is 13.1. The molecule has 1 N–H and O–H groups in total. The van der Waals surface area contributed by atoms with Crippen molar-refractivity contribution in [1.82, 2.24) is 10.2 Å². The van der Waals surface area contributed by atoms with Gasteiger partial charge in [-0.3, -0.25) is 9.59 Å². The van der Waals surface area contributed by atoms with Crippen molar-refractivity contribution in [2.45, 2.75) is 18.6 Å². The summed E-state index contributed by atoms with van der Waals surface area (Å²) < 4.78 is 13.1. The summed E-state index contributed by atoms with van der Waals surface area (Å²) in [6, 6.07) is 15.2. The molecule has 0 aliphatic carbocycles. The number of rotatable bonds is 7. The van der Waals surface area contributed by atoms with Gasteiger partial charge in [-0.25, -0.2) is 4.39 Å². The lowest BCUT2D eigenvalue weighted by Crippen LogP contribution is -2.45. The molecule has 0 radical (unpaired) electrons. The van der Waals surface area contributed by atoms with Gasteiger partial charge < -0.3 is 10.2 Å². The molecular formula is C23H24FN3O2S. The van der Waals surface area contributed by atoms with E-state index >= 15 is 0 Å². The van der Waals surface area contributed by atoms with Crippen LogP contribution in [0.5, 0.6) is 0 Å². The van der Waals surface area contributed by atoms with Gasteiger partial charge in [0.05, 0.1) is 17.6 Å². The van der Waals surface area contributed by atoms with Crippen molar-refractivity contribution in [2.75, 3.05) is 25.4 Å². The Morgan fingerprint density at radius 1 is 1.20 bits per heavy atom. The fourth-order valence-corrected chi connectivity index (χ4v) is 4.34. The molecule has 0 bridgehead atoms. The fraction of sp³-hybridized carbons (Fsp3) is 0.348. The minimum absolute atomic E-state index is 0.0374. The van der Waals surface area contributed by atoms with E-state index in [1.807, 2.05) is 18.2 Å². The van der Waals surface area contributed by atoms with Crippen molar-refractivity contribution in [3.05, 3.63) is 71.0 Å². The molecule has 1 unspecified atom stereocenters. The van der Waals surface area contributed by atoms with Crippen LogP contribution in [-0.2, 0) is 10.5 Å². The van der Waals surface area contributed by atoms with Gasteiger partial charge in [-0.05, 0) is 48.7 Å². The van der Waals surface area contributed by atoms with Crippen LogP contribution in [-0.4, -0.2) is 42.1 Å². The SMILES string of the molecule is N#Cc1ccccc1CSCCNC(=O)C1CCCN(C(=O)c2ccc(F)cc2)C1. The Kier molecular flexibility index (Phi) is 7.86. The molecule has 2 aromatic rings. The summed E-state index contributed by atoms with van der Waals surface area (Å²) in [6.45, 7) is 1.53. The molecule has 1 saturated heterocycles. The second kappa shape index (κ2) is 10.8. The highest BCUT2D eigenvalue weighted by atomic mass is 32.2. The number of amides is 2. The van der Waals surface area contributed by atoms with E-state index in [0.717, 1.165) is 29.9 Å².